The van der Waals surface area contributed by atoms with Gasteiger partial charge in [0, 0.05) is 25.7 Å². The summed E-state index contributed by atoms with van der Waals surface area (Å²) in [5.41, 5.74) is 0. The molecule has 0 bridgehead atoms. The number of aliphatic hydroxyl groups excluding tert-OH is 1. The van der Waals surface area contributed by atoms with E-state index in [1.165, 1.54) is 57.8 Å². The van der Waals surface area contributed by atoms with Gasteiger partial charge in [-0.15, -0.1) is 0 Å². The van der Waals surface area contributed by atoms with E-state index in [2.05, 4.69) is 167 Å². The maximum absolute atomic E-state index is 13.1. The molecule has 0 saturated carbocycles. The summed E-state index contributed by atoms with van der Waals surface area (Å²) >= 11 is 0. The molecular formula is C87H144O17P2. The Bertz CT molecular complexity index is 2630. The maximum atomic E-state index is 13.1. The zero-order valence-corrected chi connectivity index (χ0v) is 67.8. The molecule has 0 saturated heterocycles. The lowest BCUT2D eigenvalue weighted by Crippen LogP contribution is -2.30. The fourth-order valence-corrected chi connectivity index (χ4v) is 11.9. The minimum Gasteiger partial charge on any atom is -0.462 e. The first kappa shape index (κ1) is 101. The number of aliphatic hydroxyl groups is 1. The van der Waals surface area contributed by atoms with Crippen molar-refractivity contribution in [3.63, 3.8) is 0 Å². The lowest BCUT2D eigenvalue weighted by molar-refractivity contribution is -0.161. The molecule has 0 aliphatic rings. The van der Waals surface area contributed by atoms with Crippen LogP contribution in [0, 0.1) is 0 Å². The van der Waals surface area contributed by atoms with Crippen molar-refractivity contribution in [2.75, 3.05) is 39.6 Å². The molecule has 106 heavy (non-hydrogen) atoms. The molecule has 3 N–H and O–H groups in total. The van der Waals surface area contributed by atoms with Crippen LogP contribution in [0.4, 0.5) is 0 Å². The second-order valence-electron chi connectivity index (χ2n) is 26.6. The number of hydrogen-bond acceptors (Lipinski definition) is 15. The molecule has 19 heteroatoms. The van der Waals surface area contributed by atoms with Crippen molar-refractivity contribution in [3.05, 3.63) is 158 Å². The van der Waals surface area contributed by atoms with E-state index in [9.17, 15) is 43.2 Å². The molecule has 0 aromatic carbocycles. The number of ether oxygens (including phenoxy) is 4. The van der Waals surface area contributed by atoms with Crippen LogP contribution in [0.1, 0.15) is 310 Å². The molecule has 0 aliphatic carbocycles. The standard InChI is InChI=1S/C87H144O17P2/c1-5-9-13-17-21-25-29-32-35-38-40-43-46-49-53-56-60-64-68-72-85(90)98-78-83(104-87(92)74-70-66-62-58-54-50-47-44-41-39-36-33-30-26-22-18-14-10-6-2)80-102-106(95,96)100-76-81(88)75-99-105(93,94)101-79-82(103-86(91)73-69-65-61-57-51-28-24-20-16-12-8-4)77-97-84(89)71-67-63-59-55-52-48-45-42-37-34-31-27-23-19-15-11-7-3/h9,11,13,15,21-23,25-27,32-37,40-41,43-45,48-49,53,60,64,81-83,88H,5-8,10,12,14,16-20,24,28-31,38-39,42,46-47,50-52,54-59,61-63,65-80H2,1-4H3,(H,93,94)(H,95,96)/b13-9-,15-11-,25-21-,26-22-,27-23-,35-32-,36-33-,37-34-,43-40-,44-41-,48-45-,53-49-,64-60-. The molecule has 5 unspecified atom stereocenters. The minimum absolute atomic E-state index is 0.0284. The average molecular weight is 1520 g/mol. The van der Waals surface area contributed by atoms with Gasteiger partial charge >= 0.3 is 39.5 Å². The molecule has 0 rings (SSSR count). The summed E-state index contributed by atoms with van der Waals surface area (Å²) in [5, 5.41) is 10.6. The number of phosphoric acid groups is 2. The van der Waals surface area contributed by atoms with Gasteiger partial charge in [-0.05, 0) is 141 Å². The van der Waals surface area contributed by atoms with Gasteiger partial charge in [-0.1, -0.05) is 301 Å². The molecule has 17 nitrogen and oxygen atoms in total. The van der Waals surface area contributed by atoms with Crippen LogP contribution in [-0.4, -0.2) is 96.7 Å². The molecule has 0 aliphatic heterocycles. The lowest BCUT2D eigenvalue weighted by atomic mass is 10.1. The van der Waals surface area contributed by atoms with Gasteiger partial charge in [-0.3, -0.25) is 37.3 Å². The first-order valence-corrected chi connectivity index (χ1v) is 43.7. The monoisotopic (exact) mass is 1520 g/mol. The van der Waals surface area contributed by atoms with Crippen LogP contribution in [0.25, 0.3) is 0 Å². The Hall–Kier alpha value is -5.32. The van der Waals surface area contributed by atoms with Gasteiger partial charge in [0.1, 0.15) is 19.3 Å². The molecule has 0 amide bonds. The number of unbranched alkanes of at least 4 members (excludes halogenated alkanes) is 23. The fraction of sp³-hybridized carbons (Fsp3) is 0.655. The van der Waals surface area contributed by atoms with Crippen LogP contribution in [-0.2, 0) is 65.4 Å². The molecule has 604 valence electrons. The minimum atomic E-state index is -5.01. The summed E-state index contributed by atoms with van der Waals surface area (Å²) < 4.78 is 68.5. The summed E-state index contributed by atoms with van der Waals surface area (Å²) in [4.78, 5) is 73.0. The third kappa shape index (κ3) is 76.9. The quantitative estimate of drug-likeness (QED) is 0.0169. The smallest absolute Gasteiger partial charge is 0.462 e. The van der Waals surface area contributed by atoms with E-state index >= 15 is 0 Å². The topological polar surface area (TPSA) is 237 Å². The average Bonchev–Trinajstić information content (AvgIpc) is 0.901. The molecule has 0 aromatic rings. The molecule has 5 atom stereocenters. The van der Waals surface area contributed by atoms with Crippen LogP contribution < -0.4 is 0 Å². The van der Waals surface area contributed by atoms with Crippen molar-refractivity contribution in [2.24, 2.45) is 0 Å². The van der Waals surface area contributed by atoms with Crippen LogP contribution in [0.2, 0.25) is 0 Å². The molecule has 0 aromatic heterocycles. The largest absolute Gasteiger partial charge is 0.472 e. The Labute approximate surface area is 642 Å². The predicted molar refractivity (Wildman–Crippen MR) is 436 cm³/mol. The SMILES string of the molecule is CC/C=C\C/C=C\C/C=C\C/C=C\C/C=C\C/C=C\CCC(=O)OCC(COP(=O)(O)OCC(O)COP(=O)(O)OCC(COC(=O)CCCCCC/C=C\C/C=C\C/C=C\C/C=C\CC)OC(=O)CCCCCCCCCCCCC)OC(=O)CCCCCCCC/C=C\C/C=C\C/C=C\CCCCC. The highest BCUT2D eigenvalue weighted by Crippen LogP contribution is 2.45. The third-order valence-corrected chi connectivity index (χ3v) is 18.4. The predicted octanol–water partition coefficient (Wildman–Crippen LogP) is 24.0. The summed E-state index contributed by atoms with van der Waals surface area (Å²) in [6, 6.07) is 0. The van der Waals surface area contributed by atoms with Gasteiger partial charge in [-0.25, -0.2) is 9.13 Å². The van der Waals surface area contributed by atoms with E-state index in [0.29, 0.717) is 32.1 Å². The maximum Gasteiger partial charge on any atom is 0.472 e. The van der Waals surface area contributed by atoms with E-state index in [0.717, 1.165) is 167 Å². The van der Waals surface area contributed by atoms with Gasteiger partial charge in [-0.2, -0.15) is 0 Å². The van der Waals surface area contributed by atoms with Gasteiger partial charge in [0.2, 0.25) is 0 Å². The normalized spacial score (nSPS) is 14.7. The number of esters is 4. The van der Waals surface area contributed by atoms with Crippen molar-refractivity contribution < 1.29 is 80.2 Å². The van der Waals surface area contributed by atoms with Crippen LogP contribution >= 0.6 is 15.6 Å². The lowest BCUT2D eigenvalue weighted by Gasteiger charge is -2.21. The van der Waals surface area contributed by atoms with Gasteiger partial charge in [0.25, 0.3) is 0 Å². The highest BCUT2D eigenvalue weighted by atomic mass is 31.2. The third-order valence-electron chi connectivity index (χ3n) is 16.5. The van der Waals surface area contributed by atoms with E-state index in [1.807, 2.05) is 18.2 Å². The second kappa shape index (κ2) is 77.8. The van der Waals surface area contributed by atoms with Crippen molar-refractivity contribution in [1.82, 2.24) is 0 Å². The van der Waals surface area contributed by atoms with E-state index in [-0.39, 0.29) is 25.7 Å². The van der Waals surface area contributed by atoms with Gasteiger partial charge < -0.3 is 33.8 Å². The van der Waals surface area contributed by atoms with Crippen LogP contribution in [0.15, 0.2) is 158 Å². The Morgan fingerprint density at radius 2 is 0.509 bits per heavy atom. The van der Waals surface area contributed by atoms with Gasteiger partial charge in [0.05, 0.1) is 26.4 Å². The van der Waals surface area contributed by atoms with Gasteiger partial charge in [0.15, 0.2) is 12.2 Å². The summed E-state index contributed by atoms with van der Waals surface area (Å²) in [6.07, 6.45) is 90.9. The van der Waals surface area contributed by atoms with Crippen LogP contribution in [0.3, 0.4) is 0 Å². The first-order valence-electron chi connectivity index (χ1n) is 40.7. The summed E-state index contributed by atoms with van der Waals surface area (Å²) in [7, 11) is -10.00. The molecular weight excluding hydrogens is 1380 g/mol. The molecule has 0 heterocycles. The molecule has 0 fully saturated rings. The molecule has 0 radical (unpaired) electrons. The van der Waals surface area contributed by atoms with E-state index in [4.69, 9.17) is 37.0 Å². The Balaban J connectivity index is 5.45. The Morgan fingerprint density at radius 1 is 0.274 bits per heavy atom. The van der Waals surface area contributed by atoms with E-state index < -0.39 is 97.5 Å². The summed E-state index contributed by atoms with van der Waals surface area (Å²) in [6.45, 7) is 4.49. The van der Waals surface area contributed by atoms with Crippen molar-refractivity contribution in [1.29, 1.82) is 0 Å². The zero-order chi connectivity index (χ0) is 77.4. The van der Waals surface area contributed by atoms with Crippen molar-refractivity contribution in [3.8, 4) is 0 Å². The number of carbonyl (C=O) groups is 4. The first-order chi connectivity index (χ1) is 51.7. The Morgan fingerprint density at radius 3 is 0.830 bits per heavy atom. The zero-order valence-electron chi connectivity index (χ0n) is 66.1. The number of phosphoric ester groups is 2. The number of carbonyl (C=O) groups excluding carboxylic acids is 4. The van der Waals surface area contributed by atoms with Crippen molar-refractivity contribution >= 4 is 39.5 Å². The second-order valence-corrected chi connectivity index (χ2v) is 29.5. The Kier molecular flexibility index (Phi) is 73.9. The van der Waals surface area contributed by atoms with Crippen LogP contribution in [0.5, 0.6) is 0 Å². The highest BCUT2D eigenvalue weighted by Gasteiger charge is 2.30. The number of hydrogen-bond donors (Lipinski definition) is 3. The fourth-order valence-electron chi connectivity index (χ4n) is 10.4. The number of allylic oxidation sites excluding steroid dienone is 26. The number of rotatable bonds is 75. The van der Waals surface area contributed by atoms with Crippen molar-refractivity contribution in [2.45, 2.75) is 329 Å². The van der Waals surface area contributed by atoms with E-state index in [1.54, 1.807) is 0 Å². The summed E-state index contributed by atoms with van der Waals surface area (Å²) in [5.74, 6) is -2.32. The highest BCUT2D eigenvalue weighted by molar-refractivity contribution is 7.47. The molecule has 0 spiro atoms.